The van der Waals surface area contributed by atoms with E-state index in [1.165, 1.54) is 12.1 Å². The van der Waals surface area contributed by atoms with Crippen LogP contribution in [0.2, 0.25) is 5.02 Å². The Morgan fingerprint density at radius 3 is 2.25 bits per heavy atom. The fourth-order valence-corrected chi connectivity index (χ4v) is 3.67. The number of nitrogens with one attached hydrogen (secondary N) is 1. The van der Waals surface area contributed by atoms with Crippen LogP contribution in [0.1, 0.15) is 33.2 Å². The van der Waals surface area contributed by atoms with Gasteiger partial charge in [-0.25, -0.2) is 18.4 Å². The van der Waals surface area contributed by atoms with Gasteiger partial charge < -0.3 is 10.1 Å². The van der Waals surface area contributed by atoms with Crippen LogP contribution in [0.4, 0.5) is 5.69 Å². The van der Waals surface area contributed by atoms with Crippen molar-refractivity contribution in [1.29, 1.82) is 0 Å². The van der Waals surface area contributed by atoms with E-state index in [-0.39, 0.29) is 10.5 Å². The Balaban J connectivity index is 1.93. The number of hydrogen-bond acceptors (Lipinski definition) is 5. The van der Waals surface area contributed by atoms with Gasteiger partial charge in [-0.1, -0.05) is 54.1 Å². The molecule has 0 aliphatic rings. The first-order valence-corrected chi connectivity index (χ1v) is 11.4. The van der Waals surface area contributed by atoms with Crippen molar-refractivity contribution in [2.24, 2.45) is 5.14 Å². The van der Waals surface area contributed by atoms with Crippen LogP contribution in [0, 0.1) is 13.8 Å². The average molecular weight is 473 g/mol. The van der Waals surface area contributed by atoms with E-state index in [9.17, 15) is 18.0 Å². The smallest absolute Gasteiger partial charge is 0.339 e. The van der Waals surface area contributed by atoms with E-state index in [0.717, 1.165) is 11.6 Å². The highest BCUT2D eigenvalue weighted by atomic mass is 35.5. The Morgan fingerprint density at radius 1 is 0.969 bits per heavy atom. The number of nitrogens with two attached hydrogens (primary N) is 1. The molecule has 3 aromatic rings. The van der Waals surface area contributed by atoms with Crippen molar-refractivity contribution in [3.05, 3.63) is 94.0 Å². The van der Waals surface area contributed by atoms with Gasteiger partial charge in [-0.05, 0) is 49.2 Å². The van der Waals surface area contributed by atoms with Crippen LogP contribution in [0.15, 0.2) is 71.6 Å². The van der Waals surface area contributed by atoms with Crippen molar-refractivity contribution in [1.82, 2.24) is 0 Å². The van der Waals surface area contributed by atoms with Crippen molar-refractivity contribution in [2.75, 3.05) is 5.32 Å². The van der Waals surface area contributed by atoms with Crippen LogP contribution in [0.3, 0.4) is 0 Å². The van der Waals surface area contributed by atoms with E-state index >= 15 is 0 Å². The Morgan fingerprint density at radius 2 is 1.62 bits per heavy atom. The van der Waals surface area contributed by atoms with Crippen LogP contribution < -0.4 is 10.5 Å². The van der Waals surface area contributed by atoms with E-state index in [2.05, 4.69) is 5.32 Å². The van der Waals surface area contributed by atoms with E-state index < -0.39 is 28.0 Å². The molecular weight excluding hydrogens is 452 g/mol. The maximum absolute atomic E-state index is 13.0. The highest BCUT2D eigenvalue weighted by Crippen LogP contribution is 2.25. The molecular formula is C23H21ClN2O5S. The summed E-state index contributed by atoms with van der Waals surface area (Å²) in [6.45, 7) is 3.45. The topological polar surface area (TPSA) is 116 Å². The predicted molar refractivity (Wildman–Crippen MR) is 122 cm³/mol. The van der Waals surface area contributed by atoms with Crippen molar-refractivity contribution in [3.63, 3.8) is 0 Å². The fraction of sp³-hybridized carbons (Fsp3) is 0.130. The summed E-state index contributed by atoms with van der Waals surface area (Å²) in [5, 5.41) is 8.35. The molecule has 7 nitrogen and oxygen atoms in total. The molecule has 0 heterocycles. The molecule has 32 heavy (non-hydrogen) atoms. The van der Waals surface area contributed by atoms with Crippen LogP contribution in [-0.4, -0.2) is 20.3 Å². The van der Waals surface area contributed by atoms with E-state index in [1.54, 1.807) is 55.5 Å². The van der Waals surface area contributed by atoms with Crippen LogP contribution in [0.5, 0.6) is 0 Å². The summed E-state index contributed by atoms with van der Waals surface area (Å²) < 4.78 is 28.9. The molecule has 0 radical (unpaired) electrons. The number of primary sulfonamides is 1. The highest BCUT2D eigenvalue weighted by molar-refractivity contribution is 7.89. The number of anilines is 1. The number of esters is 1. The summed E-state index contributed by atoms with van der Waals surface area (Å²) in [4.78, 5) is 25.7. The summed E-state index contributed by atoms with van der Waals surface area (Å²) in [6.07, 6.45) is -1.29. The molecule has 1 atom stereocenters. The first-order chi connectivity index (χ1) is 15.1. The van der Waals surface area contributed by atoms with Gasteiger partial charge in [0.05, 0.1) is 10.5 Å². The first-order valence-electron chi connectivity index (χ1n) is 9.52. The Labute approximate surface area is 191 Å². The molecule has 0 saturated heterocycles. The second-order valence-corrected chi connectivity index (χ2v) is 9.14. The molecule has 9 heteroatoms. The number of aryl methyl sites for hydroxylation is 2. The molecule has 1 unspecified atom stereocenters. The fourth-order valence-electron chi connectivity index (χ4n) is 2.95. The number of amides is 1. The van der Waals surface area contributed by atoms with Gasteiger partial charge >= 0.3 is 5.97 Å². The second-order valence-electron chi connectivity index (χ2n) is 7.17. The van der Waals surface area contributed by atoms with Gasteiger partial charge in [0.25, 0.3) is 5.91 Å². The third-order valence-electron chi connectivity index (χ3n) is 4.76. The summed E-state index contributed by atoms with van der Waals surface area (Å²) in [5.41, 5.74) is 2.19. The van der Waals surface area contributed by atoms with Crippen LogP contribution >= 0.6 is 11.6 Å². The monoisotopic (exact) mass is 472 g/mol. The lowest BCUT2D eigenvalue weighted by atomic mass is 10.1. The normalized spacial score (nSPS) is 12.1. The van der Waals surface area contributed by atoms with Crippen molar-refractivity contribution < 1.29 is 22.7 Å². The molecule has 0 fully saturated rings. The van der Waals surface area contributed by atoms with Crippen molar-refractivity contribution in [2.45, 2.75) is 24.8 Å². The summed E-state index contributed by atoms with van der Waals surface area (Å²) in [6, 6.07) is 17.4. The quantitative estimate of drug-likeness (QED) is 0.523. The number of carbonyl (C=O) groups excluding carboxylic acids is 2. The minimum absolute atomic E-state index is 0.0105. The standard InChI is InChI=1S/C23H21ClN2O5S/c1-14-9-11-18(32(25,29)30)13-19(14)23(28)31-21(16-6-4-3-5-7-16)22(27)26-17-10-8-15(2)20(24)12-17/h3-13,21H,1-2H3,(H,26,27)(H2,25,29,30). The molecule has 0 aromatic heterocycles. The zero-order chi connectivity index (χ0) is 23.5. The molecule has 0 spiro atoms. The van der Waals surface area contributed by atoms with Crippen LogP contribution in [0.25, 0.3) is 0 Å². The lowest BCUT2D eigenvalue weighted by Crippen LogP contribution is -2.26. The molecule has 1 amide bonds. The molecule has 0 bridgehead atoms. The predicted octanol–water partition coefficient (Wildman–Crippen LogP) is 4.14. The number of ether oxygens (including phenoxy) is 1. The van der Waals surface area contributed by atoms with E-state index in [4.69, 9.17) is 21.5 Å². The maximum atomic E-state index is 13.0. The lowest BCUT2D eigenvalue weighted by Gasteiger charge is -2.19. The lowest BCUT2D eigenvalue weighted by molar-refractivity contribution is -0.125. The average Bonchev–Trinajstić information content (AvgIpc) is 2.74. The van der Waals surface area contributed by atoms with E-state index in [0.29, 0.717) is 21.8 Å². The molecule has 3 aromatic carbocycles. The molecule has 0 aliphatic carbocycles. The number of hydrogen-bond donors (Lipinski definition) is 2. The van der Waals surface area contributed by atoms with Crippen molar-refractivity contribution in [3.8, 4) is 0 Å². The van der Waals surface area contributed by atoms with Gasteiger partial charge in [0.15, 0.2) is 0 Å². The van der Waals surface area contributed by atoms with E-state index in [1.807, 2.05) is 6.92 Å². The van der Waals surface area contributed by atoms with Gasteiger partial charge in [0.1, 0.15) is 0 Å². The zero-order valence-corrected chi connectivity index (χ0v) is 18.9. The Hall–Kier alpha value is -3.20. The highest BCUT2D eigenvalue weighted by Gasteiger charge is 2.27. The number of carbonyl (C=O) groups is 2. The zero-order valence-electron chi connectivity index (χ0n) is 17.3. The second kappa shape index (κ2) is 9.52. The van der Waals surface area contributed by atoms with Gasteiger partial charge in [-0.3, -0.25) is 4.79 Å². The largest absolute Gasteiger partial charge is 0.444 e. The van der Waals surface area contributed by atoms with Gasteiger partial charge in [-0.15, -0.1) is 0 Å². The number of benzene rings is 3. The minimum Gasteiger partial charge on any atom is -0.444 e. The number of sulfonamides is 1. The maximum Gasteiger partial charge on any atom is 0.339 e. The summed E-state index contributed by atoms with van der Waals surface area (Å²) in [5.74, 6) is -1.45. The van der Waals surface area contributed by atoms with Gasteiger partial charge in [0, 0.05) is 16.3 Å². The first kappa shape index (κ1) is 23.5. The SMILES string of the molecule is Cc1ccc(NC(=O)C(OC(=O)c2cc(S(N)(=O)=O)ccc2C)c2ccccc2)cc1Cl. The Bertz CT molecular complexity index is 1280. The third kappa shape index (κ3) is 5.53. The van der Waals surface area contributed by atoms with Crippen molar-refractivity contribution >= 4 is 39.2 Å². The molecule has 3 N–H and O–H groups in total. The van der Waals surface area contributed by atoms with Gasteiger partial charge in [0.2, 0.25) is 16.1 Å². The van der Waals surface area contributed by atoms with Crippen LogP contribution in [-0.2, 0) is 19.6 Å². The third-order valence-corrected chi connectivity index (χ3v) is 6.08. The molecule has 0 saturated carbocycles. The molecule has 166 valence electrons. The Kier molecular flexibility index (Phi) is 6.98. The molecule has 3 rings (SSSR count). The van der Waals surface area contributed by atoms with Gasteiger partial charge in [-0.2, -0.15) is 0 Å². The summed E-state index contributed by atoms with van der Waals surface area (Å²) >= 11 is 6.13. The number of rotatable bonds is 6. The molecule has 0 aliphatic heterocycles. The number of halogens is 1. The summed E-state index contributed by atoms with van der Waals surface area (Å²) in [7, 11) is -4.02. The minimum atomic E-state index is -4.02.